The van der Waals surface area contributed by atoms with Crippen molar-refractivity contribution in [1.29, 1.82) is 0 Å². The lowest BCUT2D eigenvalue weighted by molar-refractivity contribution is 0.340. The van der Waals surface area contributed by atoms with Gasteiger partial charge in [-0.15, -0.1) is 10.2 Å². The summed E-state index contributed by atoms with van der Waals surface area (Å²) >= 11 is 0. The Morgan fingerprint density at radius 3 is 2.44 bits per heavy atom. The minimum absolute atomic E-state index is 0.246. The Hall–Kier alpha value is -4.21. The monoisotopic (exact) mass is 434 g/mol. The minimum Gasteiger partial charge on any atom is -0.494 e. The summed E-state index contributed by atoms with van der Waals surface area (Å²) in [6.07, 6.45) is 0. The molecule has 0 atom stereocenters. The molecule has 5 aromatic rings. The Morgan fingerprint density at radius 2 is 1.75 bits per heavy atom. The number of imidazole rings is 1. The predicted molar refractivity (Wildman–Crippen MR) is 116 cm³/mol. The lowest BCUT2D eigenvalue weighted by atomic mass is 10.2. The van der Waals surface area contributed by atoms with E-state index in [0.29, 0.717) is 23.9 Å². The predicted octanol–water partition coefficient (Wildman–Crippen LogP) is 2.32. The number of aryl methyl sites for hydroxylation is 1. The molecular formula is C22H19FN6O3. The first-order valence-corrected chi connectivity index (χ1v) is 10.0. The van der Waals surface area contributed by atoms with E-state index in [4.69, 9.17) is 4.74 Å². The van der Waals surface area contributed by atoms with Crippen molar-refractivity contribution in [3.05, 3.63) is 80.7 Å². The Labute approximate surface area is 180 Å². The van der Waals surface area contributed by atoms with Gasteiger partial charge in [0.2, 0.25) is 5.78 Å². The molecule has 0 spiro atoms. The maximum atomic E-state index is 13.4. The molecule has 0 radical (unpaired) electrons. The maximum Gasteiger partial charge on any atom is 0.329 e. The van der Waals surface area contributed by atoms with E-state index < -0.39 is 11.2 Å². The molecule has 10 heteroatoms. The highest BCUT2D eigenvalue weighted by Crippen LogP contribution is 2.26. The smallest absolute Gasteiger partial charge is 0.329 e. The van der Waals surface area contributed by atoms with Crippen molar-refractivity contribution in [1.82, 2.24) is 28.7 Å². The Morgan fingerprint density at radius 1 is 1.03 bits per heavy atom. The highest BCUT2D eigenvalue weighted by atomic mass is 19.1. The molecule has 0 amide bonds. The molecule has 32 heavy (non-hydrogen) atoms. The highest BCUT2D eigenvalue weighted by molar-refractivity contribution is 5.80. The van der Waals surface area contributed by atoms with E-state index in [2.05, 4.69) is 15.2 Å². The second-order valence-corrected chi connectivity index (χ2v) is 7.32. The fraction of sp³-hybridized carbons (Fsp3) is 0.182. The number of H-pyrrole nitrogens is 1. The van der Waals surface area contributed by atoms with E-state index in [0.717, 1.165) is 16.9 Å². The first-order chi connectivity index (χ1) is 15.5. The van der Waals surface area contributed by atoms with Crippen molar-refractivity contribution in [2.75, 3.05) is 6.61 Å². The molecule has 1 N–H and O–H groups in total. The van der Waals surface area contributed by atoms with Gasteiger partial charge in [0.1, 0.15) is 11.6 Å². The molecule has 9 nitrogen and oxygen atoms in total. The third-order valence-electron chi connectivity index (χ3n) is 5.32. The summed E-state index contributed by atoms with van der Waals surface area (Å²) in [7, 11) is 1.57. The molecule has 2 aromatic carbocycles. The third kappa shape index (κ3) is 3.08. The molecule has 5 rings (SSSR count). The summed E-state index contributed by atoms with van der Waals surface area (Å²) in [4.78, 5) is 27.5. The zero-order valence-electron chi connectivity index (χ0n) is 17.4. The number of fused-ring (bicyclic) bond motifs is 3. The minimum atomic E-state index is -0.547. The summed E-state index contributed by atoms with van der Waals surface area (Å²) < 4.78 is 23.6. The molecule has 0 aliphatic heterocycles. The van der Waals surface area contributed by atoms with Crippen LogP contribution in [0.3, 0.4) is 0 Å². The average molecular weight is 434 g/mol. The molecule has 0 saturated heterocycles. The van der Waals surface area contributed by atoms with Gasteiger partial charge >= 0.3 is 5.69 Å². The van der Waals surface area contributed by atoms with Crippen molar-refractivity contribution in [3.63, 3.8) is 0 Å². The number of aromatic amines is 1. The summed E-state index contributed by atoms with van der Waals surface area (Å²) in [5.74, 6) is 1.24. The summed E-state index contributed by atoms with van der Waals surface area (Å²) in [5.41, 5.74) is 1.07. The van der Waals surface area contributed by atoms with Gasteiger partial charge in [0.05, 0.1) is 13.2 Å². The first kappa shape index (κ1) is 19.7. The Bertz CT molecular complexity index is 1560. The number of aromatic nitrogens is 6. The van der Waals surface area contributed by atoms with Crippen LogP contribution in [0.2, 0.25) is 0 Å². The molecule has 0 aliphatic rings. The van der Waals surface area contributed by atoms with Crippen molar-refractivity contribution in [2.24, 2.45) is 7.05 Å². The zero-order chi connectivity index (χ0) is 22.4. The van der Waals surface area contributed by atoms with E-state index >= 15 is 0 Å². The SMILES string of the molecule is CCOc1ccc(-c2nnc3n(Cc4ccc(F)cc4)c4c(=O)[nH]c(=O)n(C)c4n23)cc1. The normalized spacial score (nSPS) is 11.5. The molecule has 0 bridgehead atoms. The van der Waals surface area contributed by atoms with Crippen LogP contribution in [0.5, 0.6) is 5.75 Å². The molecule has 3 aromatic heterocycles. The Kier molecular flexibility index (Phi) is 4.62. The average Bonchev–Trinajstić information content (AvgIpc) is 3.34. The number of ether oxygens (including phenoxy) is 1. The molecule has 0 unspecified atom stereocenters. The van der Waals surface area contributed by atoms with Crippen molar-refractivity contribution >= 4 is 16.9 Å². The van der Waals surface area contributed by atoms with Gasteiger partial charge in [0.15, 0.2) is 17.0 Å². The van der Waals surface area contributed by atoms with Crippen molar-refractivity contribution in [3.8, 4) is 17.1 Å². The van der Waals surface area contributed by atoms with E-state index in [-0.39, 0.29) is 17.9 Å². The topological polar surface area (TPSA) is 99.2 Å². The van der Waals surface area contributed by atoms with E-state index in [9.17, 15) is 14.0 Å². The first-order valence-electron chi connectivity index (χ1n) is 10.0. The number of halogens is 1. The number of rotatable bonds is 5. The van der Waals surface area contributed by atoms with Crippen LogP contribution in [0.15, 0.2) is 58.1 Å². The molecule has 0 saturated carbocycles. The Balaban J connectivity index is 1.79. The number of nitrogens with zero attached hydrogens (tertiary/aromatic N) is 5. The lowest BCUT2D eigenvalue weighted by Crippen LogP contribution is -2.29. The van der Waals surface area contributed by atoms with Crippen LogP contribution in [0.1, 0.15) is 12.5 Å². The fourth-order valence-electron chi connectivity index (χ4n) is 3.82. The number of hydrogen-bond donors (Lipinski definition) is 1. The van der Waals surface area contributed by atoms with Crippen LogP contribution in [-0.2, 0) is 13.6 Å². The quantitative estimate of drug-likeness (QED) is 0.458. The molecular weight excluding hydrogens is 415 g/mol. The zero-order valence-corrected chi connectivity index (χ0v) is 17.4. The summed E-state index contributed by atoms with van der Waals surface area (Å²) in [6.45, 7) is 2.70. The van der Waals surface area contributed by atoms with Gasteiger partial charge in [-0.25, -0.2) is 13.6 Å². The van der Waals surface area contributed by atoms with Crippen LogP contribution in [0, 0.1) is 5.82 Å². The molecule has 162 valence electrons. The molecule has 3 heterocycles. The van der Waals surface area contributed by atoms with Crippen LogP contribution in [0.4, 0.5) is 4.39 Å². The number of nitrogens with one attached hydrogen (secondary N) is 1. The second-order valence-electron chi connectivity index (χ2n) is 7.32. The van der Waals surface area contributed by atoms with Gasteiger partial charge in [0, 0.05) is 12.6 Å². The largest absolute Gasteiger partial charge is 0.494 e. The van der Waals surface area contributed by atoms with E-state index in [1.54, 1.807) is 28.1 Å². The van der Waals surface area contributed by atoms with Gasteiger partial charge in [-0.05, 0) is 48.9 Å². The highest BCUT2D eigenvalue weighted by Gasteiger charge is 2.23. The van der Waals surface area contributed by atoms with Gasteiger partial charge in [0.25, 0.3) is 5.56 Å². The van der Waals surface area contributed by atoms with Crippen LogP contribution < -0.4 is 16.0 Å². The van der Waals surface area contributed by atoms with Crippen LogP contribution in [0.25, 0.3) is 28.3 Å². The van der Waals surface area contributed by atoms with Gasteiger partial charge < -0.3 is 4.74 Å². The third-order valence-corrected chi connectivity index (χ3v) is 5.32. The fourth-order valence-corrected chi connectivity index (χ4v) is 3.82. The second kappa shape index (κ2) is 7.49. The van der Waals surface area contributed by atoms with E-state index in [1.165, 1.54) is 16.7 Å². The van der Waals surface area contributed by atoms with Gasteiger partial charge in [-0.2, -0.15) is 0 Å². The van der Waals surface area contributed by atoms with Crippen LogP contribution >= 0.6 is 0 Å². The van der Waals surface area contributed by atoms with Gasteiger partial charge in [-0.3, -0.25) is 18.9 Å². The molecule has 0 aliphatic carbocycles. The summed E-state index contributed by atoms with van der Waals surface area (Å²) in [5, 5.41) is 8.65. The van der Waals surface area contributed by atoms with Crippen molar-refractivity contribution < 1.29 is 9.13 Å². The summed E-state index contributed by atoms with van der Waals surface area (Å²) in [6, 6.07) is 13.3. The molecule has 0 fully saturated rings. The van der Waals surface area contributed by atoms with Crippen LogP contribution in [-0.4, -0.2) is 35.3 Å². The van der Waals surface area contributed by atoms with Crippen molar-refractivity contribution in [2.45, 2.75) is 13.5 Å². The standard InChI is InChI=1S/C22H19FN6O3/c1-3-32-16-10-6-14(7-11-16)18-25-26-21-28(12-13-4-8-15(23)9-5-13)17-19(30)24-22(31)27(2)20(17)29(18)21/h4-11H,3,12H2,1-2H3,(H,24,30,31). The maximum absolute atomic E-state index is 13.4. The lowest BCUT2D eigenvalue weighted by Gasteiger charge is -2.05. The van der Waals surface area contributed by atoms with E-state index in [1.807, 2.05) is 31.2 Å². The van der Waals surface area contributed by atoms with Gasteiger partial charge in [-0.1, -0.05) is 12.1 Å². The number of hydrogen-bond acceptors (Lipinski definition) is 5. The number of benzene rings is 2.